The first kappa shape index (κ1) is 36.3. The summed E-state index contributed by atoms with van der Waals surface area (Å²) in [5, 5.41) is 12.7. The smallest absolute Gasteiger partial charge is 0.0684 e. The van der Waals surface area contributed by atoms with Gasteiger partial charge in [0.25, 0.3) is 0 Å². The Morgan fingerprint density at radius 3 is 1.51 bits per heavy atom. The van der Waals surface area contributed by atoms with Crippen molar-refractivity contribution in [3.63, 3.8) is 0 Å². The summed E-state index contributed by atoms with van der Waals surface area (Å²) < 4.78 is 0. The van der Waals surface area contributed by atoms with E-state index in [1.54, 1.807) is 0 Å². The molecular formula is C44H47N4Ti. The summed E-state index contributed by atoms with van der Waals surface area (Å²) in [5.74, 6) is 0. The van der Waals surface area contributed by atoms with Gasteiger partial charge < -0.3 is 20.9 Å². The normalized spacial score (nSPS) is 17.4. The first-order valence-electron chi connectivity index (χ1n) is 16.9. The van der Waals surface area contributed by atoms with Crippen LogP contribution < -0.4 is 16.0 Å². The Labute approximate surface area is 308 Å². The minimum atomic E-state index is -0.312. The number of hydrogen-bond acceptors (Lipinski definition) is 3. The van der Waals surface area contributed by atoms with E-state index in [1.807, 2.05) is 32.1 Å². The molecule has 1 atom stereocenters. The molecule has 1 unspecified atom stereocenters. The fourth-order valence-electron chi connectivity index (χ4n) is 6.49. The number of aromatic amines is 1. The van der Waals surface area contributed by atoms with E-state index < -0.39 is 0 Å². The van der Waals surface area contributed by atoms with Gasteiger partial charge in [0.1, 0.15) is 0 Å². The zero-order valence-corrected chi connectivity index (χ0v) is 31.1. The van der Waals surface area contributed by atoms with Gasteiger partial charge in [-0.3, -0.25) is 0 Å². The Hall–Kier alpha value is -3.99. The van der Waals surface area contributed by atoms with Crippen molar-refractivity contribution < 1.29 is 21.7 Å². The monoisotopic (exact) mass is 679 g/mol. The van der Waals surface area contributed by atoms with Gasteiger partial charge in [-0.2, -0.15) is 0 Å². The molecule has 49 heavy (non-hydrogen) atoms. The van der Waals surface area contributed by atoms with Gasteiger partial charge in [-0.05, 0) is 115 Å². The molecule has 1 heterocycles. The average molecular weight is 680 g/mol. The molecule has 0 bridgehead atoms. The molecule has 5 heteroatoms. The van der Waals surface area contributed by atoms with Crippen LogP contribution in [0.4, 0.5) is 22.7 Å². The SMILES string of the molecule is CC1=CC(C)(c2[nH]c3ccc(C)cc3c2Nc2ccc(C)cc2)CC(Nc2ccc(C)cc2)=C(Nc2ccc(C)cc2)C1.[CH]1[CH][CH][CH][CH]1.[Ti]. The molecule has 0 aliphatic heterocycles. The Morgan fingerprint density at radius 1 is 0.551 bits per heavy atom. The number of H-pyrrole nitrogens is 1. The summed E-state index contributed by atoms with van der Waals surface area (Å²) in [7, 11) is 0. The number of benzene rings is 4. The van der Waals surface area contributed by atoms with Crippen molar-refractivity contribution in [3.8, 4) is 0 Å². The fourth-order valence-corrected chi connectivity index (χ4v) is 6.49. The molecule has 5 aromatic rings. The van der Waals surface area contributed by atoms with Crippen LogP contribution in [0, 0.1) is 59.8 Å². The van der Waals surface area contributed by atoms with E-state index in [0.29, 0.717) is 0 Å². The van der Waals surface area contributed by atoms with Crippen molar-refractivity contribution in [1.29, 1.82) is 0 Å². The van der Waals surface area contributed by atoms with Gasteiger partial charge in [0.05, 0.1) is 5.69 Å². The number of allylic oxidation sites excluding steroid dienone is 3. The van der Waals surface area contributed by atoms with Crippen molar-refractivity contribution in [1.82, 2.24) is 4.98 Å². The molecule has 4 N–H and O–H groups in total. The van der Waals surface area contributed by atoms with Crippen molar-refractivity contribution in [2.45, 2.75) is 59.8 Å². The average Bonchev–Trinajstić information content (AvgIpc) is 3.74. The standard InChI is InChI=1S/C39H42N4.C5H5.Ti/c1-25-7-14-30(15-8-25)40-35-22-29(5)23-39(6,24-36(35)41-31-16-9-26(2)10-17-31)38-37(42-32-18-11-27(3)12-19-32)33-21-28(4)13-20-34(33)43-38;1-2-4-5-3-1;/h7-21,23,40-43H,22,24H2,1-6H3;1-5H;. The molecule has 1 saturated carbocycles. The van der Waals surface area contributed by atoms with Crippen molar-refractivity contribution in [2.75, 3.05) is 16.0 Å². The van der Waals surface area contributed by atoms with Crippen LogP contribution in [-0.4, -0.2) is 4.98 Å². The Kier molecular flexibility index (Phi) is 12.0. The summed E-state index contributed by atoms with van der Waals surface area (Å²) in [6, 6.07) is 32.7. The maximum Gasteiger partial charge on any atom is 0.0684 e. The Balaban J connectivity index is 0.000000717. The third-order valence-corrected chi connectivity index (χ3v) is 9.02. The van der Waals surface area contributed by atoms with Crippen molar-refractivity contribution >= 4 is 33.7 Å². The molecule has 247 valence electrons. The number of rotatable bonds is 7. The molecule has 4 nitrogen and oxygen atoms in total. The Bertz CT molecular complexity index is 1900. The second-order valence-electron chi connectivity index (χ2n) is 13.6. The maximum atomic E-state index is 3.87. The molecule has 7 rings (SSSR count). The molecule has 0 spiro atoms. The van der Waals surface area contributed by atoms with E-state index in [-0.39, 0.29) is 27.1 Å². The topological polar surface area (TPSA) is 51.9 Å². The molecule has 2 aliphatic carbocycles. The molecule has 2 aliphatic rings. The number of aromatic nitrogens is 1. The molecule has 5 radical (unpaired) electrons. The number of nitrogens with one attached hydrogen (secondary N) is 4. The predicted octanol–water partition coefficient (Wildman–Crippen LogP) is 11.6. The van der Waals surface area contributed by atoms with Crippen LogP contribution in [0.25, 0.3) is 10.9 Å². The van der Waals surface area contributed by atoms with E-state index in [1.165, 1.54) is 50.3 Å². The largest absolute Gasteiger partial charge is 0.357 e. The minimum Gasteiger partial charge on any atom is -0.357 e. The number of aryl methyl sites for hydroxylation is 4. The zero-order valence-electron chi connectivity index (χ0n) is 29.5. The minimum absolute atomic E-state index is 0. The van der Waals surface area contributed by atoms with Crippen molar-refractivity contribution in [2.24, 2.45) is 0 Å². The first-order valence-corrected chi connectivity index (χ1v) is 16.9. The van der Waals surface area contributed by atoms with Gasteiger partial charge in [-0.25, -0.2) is 0 Å². The fraction of sp³-hybridized carbons (Fsp3) is 0.205. The predicted molar refractivity (Wildman–Crippen MR) is 206 cm³/mol. The second kappa shape index (κ2) is 16.1. The van der Waals surface area contributed by atoms with Crippen LogP contribution in [0.1, 0.15) is 54.6 Å². The van der Waals surface area contributed by atoms with Gasteiger partial charge in [-0.15, -0.1) is 0 Å². The van der Waals surface area contributed by atoms with Crippen LogP contribution in [-0.2, 0) is 27.1 Å². The van der Waals surface area contributed by atoms with Gasteiger partial charge in [-0.1, -0.05) is 83.3 Å². The number of fused-ring (bicyclic) bond motifs is 1. The van der Waals surface area contributed by atoms with E-state index >= 15 is 0 Å². The van der Waals surface area contributed by atoms with E-state index in [9.17, 15) is 0 Å². The summed E-state index contributed by atoms with van der Waals surface area (Å²) in [6.45, 7) is 13.2. The van der Waals surface area contributed by atoms with Crippen LogP contribution in [0.3, 0.4) is 0 Å². The molecular weight excluding hydrogens is 632 g/mol. The third-order valence-electron chi connectivity index (χ3n) is 9.02. The summed E-state index contributed by atoms with van der Waals surface area (Å²) in [5.41, 5.74) is 15.1. The maximum absolute atomic E-state index is 3.87. The van der Waals surface area contributed by atoms with Crippen LogP contribution in [0.2, 0.25) is 0 Å². The summed E-state index contributed by atoms with van der Waals surface area (Å²) in [4.78, 5) is 3.87. The molecule has 0 amide bonds. The van der Waals surface area contributed by atoms with Gasteiger partial charge >= 0.3 is 0 Å². The molecule has 4 aromatic carbocycles. The second-order valence-corrected chi connectivity index (χ2v) is 13.6. The van der Waals surface area contributed by atoms with Gasteiger partial charge in [0.2, 0.25) is 0 Å². The van der Waals surface area contributed by atoms with Crippen LogP contribution in [0.15, 0.2) is 114 Å². The first-order chi connectivity index (χ1) is 23.1. The summed E-state index contributed by atoms with van der Waals surface area (Å²) in [6.07, 6.45) is 14.1. The third kappa shape index (κ3) is 9.18. The summed E-state index contributed by atoms with van der Waals surface area (Å²) >= 11 is 0. The molecule has 1 fully saturated rings. The van der Waals surface area contributed by atoms with E-state index in [2.05, 4.69) is 160 Å². The van der Waals surface area contributed by atoms with Crippen LogP contribution >= 0.6 is 0 Å². The van der Waals surface area contributed by atoms with E-state index in [0.717, 1.165) is 41.1 Å². The quantitative estimate of drug-likeness (QED) is 0.102. The van der Waals surface area contributed by atoms with Crippen LogP contribution in [0.5, 0.6) is 0 Å². The van der Waals surface area contributed by atoms with E-state index in [4.69, 9.17) is 0 Å². The number of hydrogen-bond donors (Lipinski definition) is 4. The van der Waals surface area contributed by atoms with Gasteiger partial charge in [0.15, 0.2) is 0 Å². The number of anilines is 4. The molecule has 0 saturated heterocycles. The van der Waals surface area contributed by atoms with Crippen molar-refractivity contribution in [3.05, 3.63) is 174 Å². The Morgan fingerprint density at radius 2 is 1.00 bits per heavy atom. The zero-order chi connectivity index (χ0) is 33.7. The van der Waals surface area contributed by atoms with Gasteiger partial charge in [0, 0.05) is 85.0 Å². The molecule has 1 aromatic heterocycles.